The van der Waals surface area contributed by atoms with E-state index in [1.165, 1.54) is 11.8 Å². The molecule has 6 heteroatoms. The van der Waals surface area contributed by atoms with E-state index in [2.05, 4.69) is 20.4 Å². The summed E-state index contributed by atoms with van der Waals surface area (Å²) in [6.45, 7) is 3.99. The molecule has 2 aromatic heterocycles. The lowest BCUT2D eigenvalue weighted by atomic mass is 10.2. The Morgan fingerprint density at radius 2 is 1.67 bits per heavy atom. The number of rotatable bonds is 0. The molecule has 0 radical (unpaired) electrons. The molecule has 0 aliphatic rings. The third-order valence-corrected chi connectivity index (χ3v) is 3.86. The van der Waals surface area contributed by atoms with Crippen molar-refractivity contribution in [1.29, 1.82) is 0 Å². The lowest BCUT2D eigenvalue weighted by molar-refractivity contribution is 1.06. The van der Waals surface area contributed by atoms with Gasteiger partial charge >= 0.3 is 0 Å². The molecule has 2 aromatic carbocycles. The molecule has 0 unspecified atom stereocenters. The molecule has 0 bridgehead atoms. The highest BCUT2D eigenvalue weighted by atomic mass is 35.5. The van der Waals surface area contributed by atoms with Crippen molar-refractivity contribution in [1.82, 2.24) is 20.4 Å². The topological polar surface area (TPSA) is 71.5 Å². The molecule has 0 atom stereocenters. The molecule has 4 rings (SSSR count). The third-order valence-electron chi connectivity index (χ3n) is 3.55. The van der Waals surface area contributed by atoms with Gasteiger partial charge in [-0.25, -0.2) is 0 Å². The molecule has 0 saturated heterocycles. The standard InChI is InChI=1S/C9H7ClN2.C9H8N2O/c1-6-2-3-7-8(10)5-11-12-9(7)4-6;1-6-2-3-7-8(4-6)11-10-5-9(7)12/h2-5H,1H3;2-5H,1H3,(H,11,12). The molecule has 1 N–H and O–H groups in total. The number of fused-ring (bicyclic) bond motifs is 2. The van der Waals surface area contributed by atoms with Gasteiger partial charge in [0.25, 0.3) is 0 Å². The highest BCUT2D eigenvalue weighted by Crippen LogP contribution is 2.20. The van der Waals surface area contributed by atoms with Gasteiger partial charge in [-0.05, 0) is 43.2 Å². The Morgan fingerprint density at radius 3 is 2.46 bits per heavy atom. The van der Waals surface area contributed by atoms with Gasteiger partial charge in [0.05, 0.1) is 28.4 Å². The molecule has 0 spiro atoms. The first-order chi connectivity index (χ1) is 11.5. The molecular formula is C18H15ClN4O. The van der Waals surface area contributed by atoms with Gasteiger partial charge in [-0.1, -0.05) is 29.8 Å². The maximum absolute atomic E-state index is 11.2. The molecule has 0 fully saturated rings. The van der Waals surface area contributed by atoms with Crippen LogP contribution < -0.4 is 5.43 Å². The molecular weight excluding hydrogens is 324 g/mol. The Labute approximate surface area is 143 Å². The predicted octanol–water partition coefficient (Wildman–Crippen LogP) is 3.82. The van der Waals surface area contributed by atoms with E-state index in [-0.39, 0.29) is 5.43 Å². The van der Waals surface area contributed by atoms with Gasteiger partial charge in [-0.3, -0.25) is 9.89 Å². The molecule has 24 heavy (non-hydrogen) atoms. The molecule has 0 aliphatic carbocycles. The van der Waals surface area contributed by atoms with Crippen molar-refractivity contribution in [3.8, 4) is 0 Å². The van der Waals surface area contributed by atoms with Crippen LogP contribution in [0.1, 0.15) is 11.1 Å². The summed E-state index contributed by atoms with van der Waals surface area (Å²) in [5.74, 6) is 0. The number of nitrogens with one attached hydrogen (secondary N) is 1. The van der Waals surface area contributed by atoms with Crippen LogP contribution in [0.5, 0.6) is 0 Å². The second-order valence-corrected chi connectivity index (χ2v) is 5.90. The minimum atomic E-state index is -0.0382. The summed E-state index contributed by atoms with van der Waals surface area (Å²) < 4.78 is 0. The molecule has 120 valence electrons. The lowest BCUT2D eigenvalue weighted by Crippen LogP contribution is -2.02. The van der Waals surface area contributed by atoms with Gasteiger partial charge in [-0.2, -0.15) is 15.3 Å². The molecule has 5 nitrogen and oxygen atoms in total. The molecule has 0 saturated carbocycles. The monoisotopic (exact) mass is 338 g/mol. The number of aromatic amines is 1. The number of hydrogen-bond acceptors (Lipinski definition) is 4. The Hall–Kier alpha value is -2.79. The quantitative estimate of drug-likeness (QED) is 0.529. The lowest BCUT2D eigenvalue weighted by Gasteiger charge is -1.98. The van der Waals surface area contributed by atoms with E-state index in [1.54, 1.807) is 6.20 Å². The zero-order valence-corrected chi connectivity index (χ0v) is 14.0. The van der Waals surface area contributed by atoms with E-state index < -0.39 is 0 Å². The summed E-state index contributed by atoms with van der Waals surface area (Å²) in [4.78, 5) is 11.2. The summed E-state index contributed by atoms with van der Waals surface area (Å²) >= 11 is 5.91. The average Bonchev–Trinajstić information content (AvgIpc) is 2.55. The van der Waals surface area contributed by atoms with E-state index in [0.29, 0.717) is 10.4 Å². The van der Waals surface area contributed by atoms with Crippen LogP contribution in [0.25, 0.3) is 21.8 Å². The number of halogens is 1. The molecule has 4 aromatic rings. The minimum Gasteiger partial charge on any atom is -0.287 e. The van der Waals surface area contributed by atoms with Gasteiger partial charge in [0.1, 0.15) is 0 Å². The SMILES string of the molecule is Cc1ccc2c(=O)cn[nH]c2c1.Cc1ccc2c(Cl)cnnc2c1. The van der Waals surface area contributed by atoms with Crippen molar-refractivity contribution in [3.05, 3.63) is 75.2 Å². The fraction of sp³-hybridized carbons (Fsp3) is 0.111. The smallest absolute Gasteiger partial charge is 0.207 e. The van der Waals surface area contributed by atoms with Crippen molar-refractivity contribution in [2.45, 2.75) is 13.8 Å². The van der Waals surface area contributed by atoms with Gasteiger partial charge in [-0.15, -0.1) is 0 Å². The summed E-state index contributed by atoms with van der Waals surface area (Å²) in [6, 6.07) is 11.6. The fourth-order valence-corrected chi connectivity index (χ4v) is 2.54. The van der Waals surface area contributed by atoms with Gasteiger partial charge in [0.15, 0.2) is 0 Å². The second kappa shape index (κ2) is 6.76. The van der Waals surface area contributed by atoms with Gasteiger partial charge < -0.3 is 0 Å². The number of benzene rings is 2. The maximum atomic E-state index is 11.2. The van der Waals surface area contributed by atoms with Crippen LogP contribution in [0.2, 0.25) is 5.02 Å². The van der Waals surface area contributed by atoms with E-state index in [4.69, 9.17) is 11.6 Å². The third kappa shape index (κ3) is 3.41. The van der Waals surface area contributed by atoms with Crippen molar-refractivity contribution < 1.29 is 0 Å². The van der Waals surface area contributed by atoms with Crippen molar-refractivity contribution in [2.75, 3.05) is 0 Å². The Kier molecular flexibility index (Phi) is 4.53. The highest BCUT2D eigenvalue weighted by molar-refractivity contribution is 6.35. The van der Waals surface area contributed by atoms with Crippen molar-refractivity contribution in [3.63, 3.8) is 0 Å². The maximum Gasteiger partial charge on any atom is 0.207 e. The normalized spacial score (nSPS) is 10.5. The first-order valence-corrected chi connectivity index (χ1v) is 7.74. The Morgan fingerprint density at radius 1 is 0.958 bits per heavy atom. The largest absolute Gasteiger partial charge is 0.287 e. The van der Waals surface area contributed by atoms with Gasteiger partial charge in [0.2, 0.25) is 5.43 Å². The summed E-state index contributed by atoms with van der Waals surface area (Å²) in [5, 5.41) is 16.5. The van der Waals surface area contributed by atoms with E-state index in [9.17, 15) is 4.79 Å². The van der Waals surface area contributed by atoms with Crippen LogP contribution >= 0.6 is 11.6 Å². The minimum absolute atomic E-state index is 0.0382. The Balaban J connectivity index is 0.000000141. The van der Waals surface area contributed by atoms with E-state index in [0.717, 1.165) is 22.0 Å². The van der Waals surface area contributed by atoms with Crippen molar-refractivity contribution >= 4 is 33.4 Å². The second-order valence-electron chi connectivity index (χ2n) is 5.50. The van der Waals surface area contributed by atoms with Crippen LogP contribution in [0.3, 0.4) is 0 Å². The first-order valence-electron chi connectivity index (χ1n) is 7.36. The first kappa shape index (κ1) is 16.1. The molecule has 0 aliphatic heterocycles. The number of H-pyrrole nitrogens is 1. The number of aryl methyl sites for hydroxylation is 2. The van der Waals surface area contributed by atoms with E-state index in [1.807, 2.05) is 50.2 Å². The highest BCUT2D eigenvalue weighted by Gasteiger charge is 1.99. The van der Waals surface area contributed by atoms with Crippen LogP contribution in [0.4, 0.5) is 0 Å². The van der Waals surface area contributed by atoms with Crippen LogP contribution in [-0.4, -0.2) is 20.4 Å². The van der Waals surface area contributed by atoms with E-state index >= 15 is 0 Å². The predicted molar refractivity (Wildman–Crippen MR) is 96.4 cm³/mol. The summed E-state index contributed by atoms with van der Waals surface area (Å²) in [5.41, 5.74) is 3.89. The van der Waals surface area contributed by atoms with Crippen LogP contribution in [-0.2, 0) is 0 Å². The fourth-order valence-electron chi connectivity index (χ4n) is 2.33. The number of nitrogens with zero attached hydrogens (tertiary/aromatic N) is 3. The zero-order valence-electron chi connectivity index (χ0n) is 13.2. The molecule has 0 amide bonds. The van der Waals surface area contributed by atoms with Gasteiger partial charge in [0, 0.05) is 10.8 Å². The van der Waals surface area contributed by atoms with Crippen molar-refractivity contribution in [2.24, 2.45) is 0 Å². The number of hydrogen-bond donors (Lipinski definition) is 1. The summed E-state index contributed by atoms with van der Waals surface area (Å²) in [6.07, 6.45) is 2.84. The van der Waals surface area contributed by atoms with Crippen LogP contribution in [0, 0.1) is 13.8 Å². The molecule has 2 heterocycles. The number of aromatic nitrogens is 4. The summed E-state index contributed by atoms with van der Waals surface area (Å²) in [7, 11) is 0. The Bertz CT molecular complexity index is 1080. The average molecular weight is 339 g/mol. The zero-order chi connectivity index (χ0) is 17.1. The van der Waals surface area contributed by atoms with Crippen LogP contribution in [0.15, 0.2) is 53.6 Å².